The number of aldehydes is 1. The largest absolute Gasteiger partial charge is 0.333 e. The van der Waals surface area contributed by atoms with Gasteiger partial charge in [0, 0.05) is 43.5 Å². The first-order valence-corrected chi connectivity index (χ1v) is 10.6. The van der Waals surface area contributed by atoms with Crippen LogP contribution in [0.2, 0.25) is 5.02 Å². The third-order valence-electron chi connectivity index (χ3n) is 5.30. The molecule has 0 spiro atoms. The van der Waals surface area contributed by atoms with Gasteiger partial charge in [0.15, 0.2) is 0 Å². The number of aryl methyl sites for hydroxylation is 1. The molecule has 0 aliphatic carbocycles. The third kappa shape index (κ3) is 5.42. The van der Waals surface area contributed by atoms with E-state index in [9.17, 15) is 14.4 Å². The Hall–Kier alpha value is -2.90. The van der Waals surface area contributed by atoms with E-state index < -0.39 is 6.03 Å². The molecule has 1 heterocycles. The number of nitrogens with zero attached hydrogens (tertiary/aromatic N) is 3. The van der Waals surface area contributed by atoms with Gasteiger partial charge < -0.3 is 15.0 Å². The topological polar surface area (TPSA) is 73.0 Å². The number of hydrogen-bond donors (Lipinski definition) is 1. The van der Waals surface area contributed by atoms with Gasteiger partial charge in [0.2, 0.25) is 0 Å². The van der Waals surface area contributed by atoms with Crippen molar-refractivity contribution in [3.63, 3.8) is 0 Å². The van der Waals surface area contributed by atoms with Crippen LogP contribution < -0.4 is 10.2 Å². The summed E-state index contributed by atoms with van der Waals surface area (Å²) in [6.07, 6.45) is 3.62. The lowest BCUT2D eigenvalue weighted by Gasteiger charge is -2.27. The maximum absolute atomic E-state index is 13.2. The van der Waals surface area contributed by atoms with Crippen LogP contribution in [0.25, 0.3) is 0 Å². The molecule has 164 valence electrons. The van der Waals surface area contributed by atoms with Crippen LogP contribution in [0.5, 0.6) is 0 Å². The average molecular weight is 443 g/mol. The van der Waals surface area contributed by atoms with Crippen LogP contribution in [0.3, 0.4) is 0 Å². The number of carbonyl (C=O) groups is 3. The molecule has 1 aliphatic rings. The van der Waals surface area contributed by atoms with Gasteiger partial charge in [0.25, 0.3) is 5.91 Å². The number of para-hydroxylation sites is 1. The van der Waals surface area contributed by atoms with E-state index in [1.54, 1.807) is 32.3 Å². The van der Waals surface area contributed by atoms with Gasteiger partial charge in [0.05, 0.1) is 6.54 Å². The molecule has 3 rings (SSSR count). The Morgan fingerprint density at radius 2 is 1.94 bits per heavy atom. The van der Waals surface area contributed by atoms with E-state index in [1.807, 2.05) is 23.1 Å². The minimum atomic E-state index is -0.408. The number of amides is 3. The molecule has 0 atom stereocenters. The van der Waals surface area contributed by atoms with Crippen molar-refractivity contribution in [2.45, 2.75) is 25.8 Å². The quantitative estimate of drug-likeness (QED) is 0.549. The van der Waals surface area contributed by atoms with Gasteiger partial charge in [-0.05, 0) is 48.6 Å². The summed E-state index contributed by atoms with van der Waals surface area (Å²) in [5.74, 6) is -0.0865. The van der Waals surface area contributed by atoms with Gasteiger partial charge in [-0.15, -0.1) is 0 Å². The standard InChI is InChI=1S/C23H27ClN4O3/c1-26(2)28(13-14-29)23(31)25-16-19-11-10-18(15-20(19)24)22(30)27-12-6-5-8-17-7-3-4-9-21(17)27/h3-4,7,9-11,14-15H,5-6,8,12-13,16H2,1-2H3,(H,25,31). The van der Waals surface area contributed by atoms with Crippen molar-refractivity contribution >= 4 is 35.5 Å². The van der Waals surface area contributed by atoms with Crippen molar-refractivity contribution in [2.24, 2.45) is 0 Å². The smallest absolute Gasteiger partial charge is 0.332 e. The summed E-state index contributed by atoms with van der Waals surface area (Å²) in [6.45, 7) is 0.807. The van der Waals surface area contributed by atoms with Crippen LogP contribution in [0.15, 0.2) is 42.5 Å². The highest BCUT2D eigenvalue weighted by Crippen LogP contribution is 2.28. The number of carbonyl (C=O) groups excluding carboxylic acids is 3. The van der Waals surface area contributed by atoms with Crippen LogP contribution in [-0.4, -0.2) is 55.4 Å². The Morgan fingerprint density at radius 1 is 1.16 bits per heavy atom. The highest BCUT2D eigenvalue weighted by Gasteiger charge is 2.23. The lowest BCUT2D eigenvalue weighted by atomic mass is 10.1. The summed E-state index contributed by atoms with van der Waals surface area (Å²) in [4.78, 5) is 38.1. The molecule has 0 saturated carbocycles. The van der Waals surface area contributed by atoms with Crippen molar-refractivity contribution in [2.75, 3.05) is 32.1 Å². The summed E-state index contributed by atoms with van der Waals surface area (Å²) in [5.41, 5.74) is 3.33. The van der Waals surface area contributed by atoms with Gasteiger partial charge in [-0.1, -0.05) is 35.9 Å². The third-order valence-corrected chi connectivity index (χ3v) is 5.65. The Bertz CT molecular complexity index is 964. The van der Waals surface area contributed by atoms with E-state index in [0.717, 1.165) is 24.9 Å². The second-order valence-electron chi connectivity index (χ2n) is 7.60. The minimum Gasteiger partial charge on any atom is -0.333 e. The highest BCUT2D eigenvalue weighted by atomic mass is 35.5. The number of benzene rings is 2. The highest BCUT2D eigenvalue weighted by molar-refractivity contribution is 6.31. The van der Waals surface area contributed by atoms with E-state index in [4.69, 9.17) is 11.6 Å². The summed E-state index contributed by atoms with van der Waals surface area (Å²) < 4.78 is 0. The molecule has 0 saturated heterocycles. The Kier molecular flexibility index (Phi) is 7.65. The van der Waals surface area contributed by atoms with Gasteiger partial charge in [0.1, 0.15) is 6.29 Å². The zero-order valence-corrected chi connectivity index (χ0v) is 18.6. The van der Waals surface area contributed by atoms with Crippen LogP contribution in [-0.2, 0) is 17.8 Å². The normalized spacial score (nSPS) is 13.4. The zero-order chi connectivity index (χ0) is 22.4. The Labute approximate surface area is 187 Å². The fraction of sp³-hybridized carbons (Fsp3) is 0.348. The van der Waals surface area contributed by atoms with Crippen LogP contribution in [0, 0.1) is 0 Å². The average Bonchev–Trinajstić information content (AvgIpc) is 2.98. The van der Waals surface area contributed by atoms with Crippen molar-refractivity contribution in [1.82, 2.24) is 15.3 Å². The maximum atomic E-state index is 13.2. The number of halogens is 1. The summed E-state index contributed by atoms with van der Waals surface area (Å²) >= 11 is 6.43. The fourth-order valence-electron chi connectivity index (χ4n) is 3.64. The fourth-order valence-corrected chi connectivity index (χ4v) is 3.89. The maximum Gasteiger partial charge on any atom is 0.332 e. The lowest BCUT2D eigenvalue weighted by Crippen LogP contribution is -2.48. The molecule has 2 aromatic carbocycles. The van der Waals surface area contributed by atoms with E-state index in [-0.39, 0.29) is 19.0 Å². The zero-order valence-electron chi connectivity index (χ0n) is 17.8. The van der Waals surface area contributed by atoms with E-state index in [1.165, 1.54) is 15.6 Å². The summed E-state index contributed by atoms with van der Waals surface area (Å²) in [6, 6.07) is 12.7. The molecule has 0 aromatic heterocycles. The van der Waals surface area contributed by atoms with Gasteiger partial charge in [-0.3, -0.25) is 9.80 Å². The van der Waals surface area contributed by atoms with Crippen LogP contribution >= 0.6 is 11.6 Å². The number of rotatable bonds is 6. The molecular weight excluding hydrogens is 416 g/mol. The number of hydrazine groups is 1. The molecule has 0 fully saturated rings. The van der Waals surface area contributed by atoms with Crippen molar-refractivity contribution in [3.8, 4) is 0 Å². The van der Waals surface area contributed by atoms with Crippen LogP contribution in [0.1, 0.15) is 34.3 Å². The SMILES string of the molecule is CN(C)N(CC=O)C(=O)NCc1ccc(C(=O)N2CCCCc3ccccc32)cc1Cl. The number of hydrogen-bond acceptors (Lipinski definition) is 4. The number of urea groups is 1. The van der Waals surface area contributed by atoms with Gasteiger partial charge in [-0.2, -0.15) is 0 Å². The van der Waals surface area contributed by atoms with Gasteiger partial charge >= 0.3 is 6.03 Å². The molecule has 1 aliphatic heterocycles. The molecule has 0 bridgehead atoms. The summed E-state index contributed by atoms with van der Waals surface area (Å²) in [5, 5.41) is 5.96. The first-order chi connectivity index (χ1) is 14.9. The monoisotopic (exact) mass is 442 g/mol. The van der Waals surface area contributed by atoms with Crippen molar-refractivity contribution in [1.29, 1.82) is 0 Å². The minimum absolute atomic E-state index is 0.0443. The van der Waals surface area contributed by atoms with E-state index in [0.29, 0.717) is 29.0 Å². The molecule has 7 nitrogen and oxygen atoms in total. The molecular formula is C23H27ClN4O3. The van der Waals surface area contributed by atoms with Crippen molar-refractivity contribution < 1.29 is 14.4 Å². The molecule has 0 radical (unpaired) electrons. The molecule has 2 aromatic rings. The van der Waals surface area contributed by atoms with E-state index in [2.05, 4.69) is 11.4 Å². The molecule has 1 N–H and O–H groups in total. The summed E-state index contributed by atoms with van der Waals surface area (Å²) in [7, 11) is 3.36. The second kappa shape index (κ2) is 10.4. The van der Waals surface area contributed by atoms with Crippen LogP contribution in [0.4, 0.5) is 10.5 Å². The molecule has 0 unspecified atom stereocenters. The number of fused-ring (bicyclic) bond motifs is 1. The predicted octanol–water partition coefficient (Wildman–Crippen LogP) is 3.51. The van der Waals surface area contributed by atoms with Gasteiger partial charge in [-0.25, -0.2) is 9.80 Å². The lowest BCUT2D eigenvalue weighted by molar-refractivity contribution is -0.110. The molecule has 3 amide bonds. The first kappa shape index (κ1) is 22.8. The second-order valence-corrected chi connectivity index (χ2v) is 8.01. The number of anilines is 1. The molecule has 8 heteroatoms. The Balaban J connectivity index is 1.73. The Morgan fingerprint density at radius 3 is 2.65 bits per heavy atom. The van der Waals surface area contributed by atoms with E-state index >= 15 is 0 Å². The van der Waals surface area contributed by atoms with Crippen molar-refractivity contribution in [3.05, 3.63) is 64.2 Å². The first-order valence-electron chi connectivity index (χ1n) is 10.3. The predicted molar refractivity (Wildman–Crippen MR) is 121 cm³/mol. The number of nitrogens with one attached hydrogen (secondary N) is 1. The molecule has 31 heavy (non-hydrogen) atoms.